The number of carbonyl (C=O) groups excluding carboxylic acids is 1. The Morgan fingerprint density at radius 2 is 2.10 bits per heavy atom. The average Bonchev–Trinajstić information content (AvgIpc) is 2.87. The van der Waals surface area contributed by atoms with Crippen LogP contribution in [0.1, 0.15) is 24.8 Å². The lowest BCUT2D eigenvalue weighted by atomic mass is 9.97. The third kappa shape index (κ3) is 2.80. The second-order valence-corrected chi connectivity index (χ2v) is 5.93. The van der Waals surface area contributed by atoms with Gasteiger partial charge in [-0.25, -0.2) is 4.79 Å². The van der Waals surface area contributed by atoms with Gasteiger partial charge < -0.3 is 10.2 Å². The number of urea groups is 1. The molecule has 1 aromatic carbocycles. The zero-order valence-corrected chi connectivity index (χ0v) is 12.1. The number of piperazine rings is 1. The van der Waals surface area contributed by atoms with Gasteiger partial charge in [0, 0.05) is 26.2 Å². The molecule has 0 spiro atoms. The summed E-state index contributed by atoms with van der Waals surface area (Å²) >= 11 is 0. The van der Waals surface area contributed by atoms with Gasteiger partial charge in [0.05, 0.1) is 6.04 Å². The fraction of sp³-hybridized carbons (Fsp3) is 0.562. The van der Waals surface area contributed by atoms with Crippen molar-refractivity contribution in [3.63, 3.8) is 0 Å². The van der Waals surface area contributed by atoms with E-state index >= 15 is 0 Å². The maximum atomic E-state index is 11.6. The number of fused-ring (bicyclic) bond motifs is 1. The first-order valence-electron chi connectivity index (χ1n) is 7.56. The summed E-state index contributed by atoms with van der Waals surface area (Å²) in [7, 11) is 0. The van der Waals surface area contributed by atoms with Crippen LogP contribution in [0.15, 0.2) is 30.3 Å². The van der Waals surface area contributed by atoms with Crippen LogP contribution in [0.5, 0.6) is 0 Å². The van der Waals surface area contributed by atoms with Gasteiger partial charge in [-0.15, -0.1) is 0 Å². The molecule has 4 nitrogen and oxygen atoms in total. The highest BCUT2D eigenvalue weighted by Crippen LogP contribution is 2.20. The third-order valence-electron chi connectivity index (χ3n) is 4.56. The molecule has 2 aliphatic rings. The molecular weight excluding hydrogens is 250 g/mol. The van der Waals surface area contributed by atoms with Crippen molar-refractivity contribution in [2.24, 2.45) is 0 Å². The average molecular weight is 273 g/mol. The van der Waals surface area contributed by atoms with Crippen molar-refractivity contribution in [1.82, 2.24) is 15.1 Å². The van der Waals surface area contributed by atoms with E-state index < -0.39 is 0 Å². The molecule has 0 aliphatic carbocycles. The molecule has 0 bridgehead atoms. The minimum Gasteiger partial charge on any atom is -0.336 e. The highest BCUT2D eigenvalue weighted by molar-refractivity contribution is 5.77. The lowest BCUT2D eigenvalue weighted by Gasteiger charge is -2.36. The van der Waals surface area contributed by atoms with Crippen LogP contribution in [0.2, 0.25) is 0 Å². The van der Waals surface area contributed by atoms with Crippen LogP contribution in [-0.4, -0.2) is 54.6 Å². The van der Waals surface area contributed by atoms with Crippen LogP contribution >= 0.6 is 0 Å². The normalized spacial score (nSPS) is 24.4. The first kappa shape index (κ1) is 13.4. The van der Waals surface area contributed by atoms with Gasteiger partial charge in [-0.1, -0.05) is 37.3 Å². The lowest BCUT2D eigenvalue weighted by molar-refractivity contribution is 0.119. The number of amides is 2. The molecule has 2 amide bonds. The number of hydrogen-bond acceptors (Lipinski definition) is 2. The van der Waals surface area contributed by atoms with Gasteiger partial charge in [-0.3, -0.25) is 4.90 Å². The molecular formula is C16H23N3O. The van der Waals surface area contributed by atoms with Crippen molar-refractivity contribution in [1.29, 1.82) is 0 Å². The maximum Gasteiger partial charge on any atom is 0.317 e. The van der Waals surface area contributed by atoms with Gasteiger partial charge in [0.2, 0.25) is 0 Å². The quantitative estimate of drug-likeness (QED) is 0.909. The van der Waals surface area contributed by atoms with Crippen molar-refractivity contribution in [3.8, 4) is 0 Å². The zero-order chi connectivity index (χ0) is 13.9. The first-order valence-corrected chi connectivity index (χ1v) is 7.56. The van der Waals surface area contributed by atoms with Crippen LogP contribution in [0.4, 0.5) is 4.79 Å². The molecule has 0 aromatic heterocycles. The van der Waals surface area contributed by atoms with Crippen LogP contribution in [-0.2, 0) is 0 Å². The summed E-state index contributed by atoms with van der Waals surface area (Å²) in [5, 5.41) is 2.93. The van der Waals surface area contributed by atoms with E-state index in [0.29, 0.717) is 12.0 Å². The summed E-state index contributed by atoms with van der Waals surface area (Å²) in [4.78, 5) is 16.0. The number of hydrogen-bond donors (Lipinski definition) is 1. The summed E-state index contributed by atoms with van der Waals surface area (Å²) in [6.07, 6.45) is 1.18. The summed E-state index contributed by atoms with van der Waals surface area (Å²) in [5.74, 6) is 0.595. The van der Waals surface area contributed by atoms with E-state index in [2.05, 4.69) is 47.5 Å². The Labute approximate surface area is 120 Å². The fourth-order valence-corrected chi connectivity index (χ4v) is 3.20. The second kappa shape index (κ2) is 5.83. The SMILES string of the molecule is C[C@@H](CCN1CCN2C(=O)NC[C@H]2C1)c1ccccc1. The van der Waals surface area contributed by atoms with Crippen molar-refractivity contribution >= 4 is 6.03 Å². The van der Waals surface area contributed by atoms with Gasteiger partial charge in [0.25, 0.3) is 0 Å². The number of nitrogens with zero attached hydrogens (tertiary/aromatic N) is 2. The molecule has 2 saturated heterocycles. The Hall–Kier alpha value is -1.55. The van der Waals surface area contributed by atoms with Crippen LogP contribution in [0.25, 0.3) is 0 Å². The summed E-state index contributed by atoms with van der Waals surface area (Å²) in [6.45, 7) is 7.12. The number of rotatable bonds is 4. The molecule has 2 heterocycles. The second-order valence-electron chi connectivity index (χ2n) is 5.93. The van der Waals surface area contributed by atoms with Gasteiger partial charge in [-0.2, -0.15) is 0 Å². The van der Waals surface area contributed by atoms with E-state index in [9.17, 15) is 4.79 Å². The Balaban J connectivity index is 1.49. The Bertz CT molecular complexity index is 462. The number of carbonyl (C=O) groups is 1. The Morgan fingerprint density at radius 3 is 2.90 bits per heavy atom. The molecule has 0 unspecified atom stereocenters. The molecule has 2 fully saturated rings. The van der Waals surface area contributed by atoms with Crippen LogP contribution in [0.3, 0.4) is 0 Å². The predicted molar refractivity (Wildman–Crippen MR) is 79.8 cm³/mol. The summed E-state index contributed by atoms with van der Waals surface area (Å²) in [5.41, 5.74) is 1.42. The monoisotopic (exact) mass is 273 g/mol. The van der Waals surface area contributed by atoms with Crippen LogP contribution in [0, 0.1) is 0 Å². The summed E-state index contributed by atoms with van der Waals surface area (Å²) < 4.78 is 0. The number of benzene rings is 1. The zero-order valence-electron chi connectivity index (χ0n) is 12.1. The summed E-state index contributed by atoms with van der Waals surface area (Å²) in [6, 6.07) is 11.2. The highest BCUT2D eigenvalue weighted by atomic mass is 16.2. The fourth-order valence-electron chi connectivity index (χ4n) is 3.20. The molecule has 0 radical (unpaired) electrons. The van der Waals surface area contributed by atoms with E-state index in [-0.39, 0.29) is 6.03 Å². The third-order valence-corrected chi connectivity index (χ3v) is 4.56. The minimum absolute atomic E-state index is 0.118. The Kier molecular flexibility index (Phi) is 3.92. The van der Waals surface area contributed by atoms with Gasteiger partial charge in [-0.05, 0) is 24.4 Å². The predicted octanol–water partition coefficient (Wildman–Crippen LogP) is 1.89. The Morgan fingerprint density at radius 1 is 1.30 bits per heavy atom. The smallest absolute Gasteiger partial charge is 0.317 e. The molecule has 0 saturated carbocycles. The van der Waals surface area contributed by atoms with E-state index in [1.54, 1.807) is 0 Å². The molecule has 1 aromatic rings. The van der Waals surface area contributed by atoms with Gasteiger partial charge >= 0.3 is 6.03 Å². The van der Waals surface area contributed by atoms with Crippen molar-refractivity contribution < 1.29 is 4.79 Å². The van der Waals surface area contributed by atoms with Crippen LogP contribution < -0.4 is 5.32 Å². The maximum absolute atomic E-state index is 11.6. The van der Waals surface area contributed by atoms with Crippen molar-refractivity contribution in [2.45, 2.75) is 25.3 Å². The van der Waals surface area contributed by atoms with Crippen molar-refractivity contribution in [3.05, 3.63) is 35.9 Å². The largest absolute Gasteiger partial charge is 0.336 e. The first-order chi connectivity index (χ1) is 9.74. The van der Waals surface area contributed by atoms with Gasteiger partial charge in [0.1, 0.15) is 0 Å². The molecule has 2 atom stereocenters. The minimum atomic E-state index is 0.118. The molecule has 1 N–H and O–H groups in total. The van der Waals surface area contributed by atoms with E-state index in [0.717, 1.165) is 32.7 Å². The molecule has 4 heteroatoms. The van der Waals surface area contributed by atoms with Gasteiger partial charge in [0.15, 0.2) is 0 Å². The topological polar surface area (TPSA) is 35.6 Å². The number of nitrogens with one attached hydrogen (secondary N) is 1. The standard InChI is InChI=1S/C16H23N3O/c1-13(14-5-3-2-4-6-14)7-8-18-9-10-19-15(12-18)11-17-16(19)20/h2-6,13,15H,7-12H2,1H3,(H,17,20)/t13-,15-/m0/s1. The molecule has 2 aliphatic heterocycles. The molecule has 3 rings (SSSR count). The van der Waals surface area contributed by atoms with Crippen molar-refractivity contribution in [2.75, 3.05) is 32.7 Å². The molecule has 20 heavy (non-hydrogen) atoms. The molecule has 108 valence electrons. The van der Waals surface area contributed by atoms with E-state index in [4.69, 9.17) is 0 Å². The lowest BCUT2D eigenvalue weighted by Crippen LogP contribution is -2.52. The highest BCUT2D eigenvalue weighted by Gasteiger charge is 2.35. The van der Waals surface area contributed by atoms with E-state index in [1.165, 1.54) is 12.0 Å². The van der Waals surface area contributed by atoms with E-state index in [1.807, 2.05) is 4.90 Å².